The number of carboxylic acid groups (broad SMARTS) is 1. The predicted molar refractivity (Wildman–Crippen MR) is 150 cm³/mol. The number of amides is 3. The number of carbonyl (C=O) groups is 4. The maximum Gasteiger partial charge on any atom is 0.326 e. The molecule has 0 saturated carbocycles. The minimum Gasteiger partial charge on any atom is -0.480 e. The second-order valence-corrected chi connectivity index (χ2v) is 9.95. The Labute approximate surface area is 232 Å². The van der Waals surface area contributed by atoms with E-state index in [1.807, 2.05) is 38.1 Å². The van der Waals surface area contributed by atoms with Crippen molar-refractivity contribution < 1.29 is 29.4 Å². The Morgan fingerprint density at radius 3 is 2.23 bits per heavy atom. The molecule has 3 amide bonds. The number of carbonyl (C=O) groups excluding carboxylic acids is 3. The summed E-state index contributed by atoms with van der Waals surface area (Å²) in [7, 11) is 0. The van der Waals surface area contributed by atoms with Gasteiger partial charge in [0.05, 0.1) is 12.6 Å². The molecular formula is C26H40N8O6. The standard InChI is InChI=1S/C26H40N8O6/c1-14(2)10-17(27)22(36)34-21(13-35)24(38)32-19(8-5-9-30-26(28)29)23(37)33-20(25(39)40)11-15-12-31-18-7-4-3-6-16(15)18/h3-4,6-7,12,14,17,19-21,31,35H,5,8-11,13,27H2,1-2H3,(H,32,38)(H,33,37)(H,34,36)(H,39,40)(H4,28,29,30). The Hall–Kier alpha value is -4.17. The molecule has 0 aliphatic carbocycles. The number of carboxylic acids is 1. The number of hydrogen-bond donors (Lipinski definition) is 9. The van der Waals surface area contributed by atoms with Gasteiger partial charge in [-0.1, -0.05) is 32.0 Å². The van der Waals surface area contributed by atoms with Crippen LogP contribution in [0.15, 0.2) is 35.5 Å². The first kappa shape index (κ1) is 32.0. The fraction of sp³-hybridized carbons (Fsp3) is 0.500. The molecule has 0 aliphatic heterocycles. The summed E-state index contributed by atoms with van der Waals surface area (Å²) < 4.78 is 0. The molecule has 220 valence electrons. The number of benzene rings is 1. The quantitative estimate of drug-likeness (QED) is 0.0669. The van der Waals surface area contributed by atoms with Crippen LogP contribution in [-0.4, -0.2) is 82.2 Å². The molecule has 4 atom stereocenters. The molecule has 1 aromatic heterocycles. The van der Waals surface area contributed by atoms with Crippen molar-refractivity contribution in [3.63, 3.8) is 0 Å². The number of nitrogens with two attached hydrogens (primary N) is 3. The average molecular weight is 561 g/mol. The fourth-order valence-corrected chi connectivity index (χ4v) is 4.13. The van der Waals surface area contributed by atoms with Crippen LogP contribution in [0.5, 0.6) is 0 Å². The van der Waals surface area contributed by atoms with Gasteiger partial charge in [0.1, 0.15) is 18.1 Å². The van der Waals surface area contributed by atoms with Crippen LogP contribution in [0.1, 0.15) is 38.7 Å². The molecular weight excluding hydrogens is 520 g/mol. The second kappa shape index (κ2) is 15.4. The third-order valence-corrected chi connectivity index (χ3v) is 6.17. The lowest BCUT2D eigenvalue weighted by Gasteiger charge is -2.24. The Morgan fingerprint density at radius 1 is 0.975 bits per heavy atom. The number of para-hydroxylation sites is 1. The van der Waals surface area contributed by atoms with Crippen LogP contribution in [0.25, 0.3) is 10.9 Å². The van der Waals surface area contributed by atoms with Gasteiger partial charge in [0.25, 0.3) is 0 Å². The molecule has 0 spiro atoms. The van der Waals surface area contributed by atoms with Gasteiger partial charge in [0, 0.05) is 30.1 Å². The lowest BCUT2D eigenvalue weighted by molar-refractivity contribution is -0.142. The van der Waals surface area contributed by atoms with Gasteiger partial charge >= 0.3 is 5.97 Å². The van der Waals surface area contributed by atoms with Crippen molar-refractivity contribution in [3.8, 4) is 0 Å². The molecule has 12 N–H and O–H groups in total. The Kier molecular flexibility index (Phi) is 12.4. The van der Waals surface area contributed by atoms with Crippen molar-refractivity contribution in [2.45, 2.75) is 63.7 Å². The molecule has 0 saturated heterocycles. The highest BCUT2D eigenvalue weighted by Gasteiger charge is 2.30. The molecule has 1 heterocycles. The molecule has 14 nitrogen and oxygen atoms in total. The normalized spacial score (nSPS) is 14.1. The topological polar surface area (TPSA) is 251 Å². The third kappa shape index (κ3) is 9.85. The number of aromatic amines is 1. The summed E-state index contributed by atoms with van der Waals surface area (Å²) in [5.41, 5.74) is 18.1. The highest BCUT2D eigenvalue weighted by atomic mass is 16.4. The Balaban J connectivity index is 2.16. The van der Waals surface area contributed by atoms with Gasteiger partial charge in [-0.05, 0) is 36.8 Å². The van der Waals surface area contributed by atoms with E-state index in [0.29, 0.717) is 12.0 Å². The van der Waals surface area contributed by atoms with Gasteiger partial charge in [-0.25, -0.2) is 4.79 Å². The number of rotatable bonds is 16. The number of fused-ring (bicyclic) bond motifs is 1. The summed E-state index contributed by atoms with van der Waals surface area (Å²) in [6.07, 6.45) is 2.36. The van der Waals surface area contributed by atoms with Gasteiger partial charge in [-0.3, -0.25) is 19.4 Å². The van der Waals surface area contributed by atoms with Crippen LogP contribution in [0.3, 0.4) is 0 Å². The number of H-pyrrole nitrogens is 1. The van der Waals surface area contributed by atoms with Gasteiger partial charge < -0.3 is 48.3 Å². The monoisotopic (exact) mass is 560 g/mol. The molecule has 0 fully saturated rings. The maximum absolute atomic E-state index is 13.2. The van der Waals surface area contributed by atoms with E-state index < -0.39 is 54.5 Å². The number of hydrogen-bond acceptors (Lipinski definition) is 7. The van der Waals surface area contributed by atoms with E-state index in [1.54, 1.807) is 6.20 Å². The number of aliphatic hydroxyl groups is 1. The number of nitrogens with zero attached hydrogens (tertiary/aromatic N) is 1. The van der Waals surface area contributed by atoms with Crippen molar-refractivity contribution in [1.82, 2.24) is 20.9 Å². The van der Waals surface area contributed by atoms with Crippen molar-refractivity contribution in [3.05, 3.63) is 36.0 Å². The first-order valence-corrected chi connectivity index (χ1v) is 13.0. The number of nitrogens with one attached hydrogen (secondary N) is 4. The molecule has 0 bridgehead atoms. The summed E-state index contributed by atoms with van der Waals surface area (Å²) in [5.74, 6) is -3.49. The smallest absolute Gasteiger partial charge is 0.326 e. The van der Waals surface area contributed by atoms with Crippen molar-refractivity contribution >= 4 is 40.6 Å². The molecule has 14 heteroatoms. The highest BCUT2D eigenvalue weighted by molar-refractivity contribution is 5.94. The molecule has 1 aromatic carbocycles. The van der Waals surface area contributed by atoms with E-state index in [4.69, 9.17) is 17.2 Å². The second-order valence-electron chi connectivity index (χ2n) is 9.95. The maximum atomic E-state index is 13.2. The molecule has 4 unspecified atom stereocenters. The summed E-state index contributed by atoms with van der Waals surface area (Å²) in [5, 5.41) is 27.8. The molecule has 0 radical (unpaired) electrons. The van der Waals surface area contributed by atoms with Gasteiger partial charge in [-0.2, -0.15) is 0 Å². The van der Waals surface area contributed by atoms with E-state index in [1.165, 1.54) is 0 Å². The zero-order valence-corrected chi connectivity index (χ0v) is 22.7. The average Bonchev–Trinajstić information content (AvgIpc) is 3.30. The molecule has 40 heavy (non-hydrogen) atoms. The van der Waals surface area contributed by atoms with E-state index >= 15 is 0 Å². The van der Waals surface area contributed by atoms with Gasteiger partial charge in [0.15, 0.2) is 5.96 Å². The first-order valence-electron chi connectivity index (χ1n) is 13.0. The lowest BCUT2D eigenvalue weighted by atomic mass is 10.0. The van der Waals surface area contributed by atoms with E-state index in [0.717, 1.165) is 10.9 Å². The van der Waals surface area contributed by atoms with Crippen LogP contribution in [0.2, 0.25) is 0 Å². The predicted octanol–water partition coefficient (Wildman–Crippen LogP) is -1.33. The Morgan fingerprint density at radius 2 is 1.60 bits per heavy atom. The summed E-state index contributed by atoms with van der Waals surface area (Å²) in [6, 6.07) is 2.58. The van der Waals surface area contributed by atoms with Crippen molar-refractivity contribution in [1.29, 1.82) is 0 Å². The van der Waals surface area contributed by atoms with E-state index in [-0.39, 0.29) is 37.7 Å². The van der Waals surface area contributed by atoms with E-state index in [2.05, 4.69) is 25.9 Å². The summed E-state index contributed by atoms with van der Waals surface area (Å²) >= 11 is 0. The van der Waals surface area contributed by atoms with Crippen LogP contribution >= 0.6 is 0 Å². The van der Waals surface area contributed by atoms with Crippen molar-refractivity contribution in [2.75, 3.05) is 13.2 Å². The zero-order chi connectivity index (χ0) is 29.8. The largest absolute Gasteiger partial charge is 0.480 e. The highest BCUT2D eigenvalue weighted by Crippen LogP contribution is 2.19. The first-order chi connectivity index (χ1) is 18.9. The van der Waals surface area contributed by atoms with Crippen LogP contribution < -0.4 is 33.2 Å². The number of aliphatic carboxylic acids is 1. The van der Waals surface area contributed by atoms with Crippen molar-refractivity contribution in [2.24, 2.45) is 28.1 Å². The van der Waals surface area contributed by atoms with Crippen LogP contribution in [0, 0.1) is 5.92 Å². The SMILES string of the molecule is CC(C)CC(N)C(=O)NC(CO)C(=O)NC(CCCN=C(N)N)C(=O)NC(Cc1c[nH]c2ccccc12)C(=O)O. The third-order valence-electron chi connectivity index (χ3n) is 6.17. The number of aromatic nitrogens is 1. The van der Waals surface area contributed by atoms with Gasteiger partial charge in [0.2, 0.25) is 17.7 Å². The zero-order valence-electron chi connectivity index (χ0n) is 22.7. The summed E-state index contributed by atoms with van der Waals surface area (Å²) in [4.78, 5) is 57.5. The lowest BCUT2D eigenvalue weighted by Crippen LogP contribution is -2.58. The fourth-order valence-electron chi connectivity index (χ4n) is 4.13. The van der Waals surface area contributed by atoms with Crippen LogP contribution in [-0.2, 0) is 25.6 Å². The minimum absolute atomic E-state index is 0.0111. The summed E-state index contributed by atoms with van der Waals surface area (Å²) in [6.45, 7) is 3.19. The van der Waals surface area contributed by atoms with E-state index in [9.17, 15) is 29.4 Å². The Bertz CT molecular complexity index is 1190. The minimum atomic E-state index is -1.37. The number of aliphatic hydroxyl groups excluding tert-OH is 1. The molecule has 2 aromatic rings. The van der Waals surface area contributed by atoms with Crippen LogP contribution in [0.4, 0.5) is 0 Å². The number of aliphatic imine (C=N–C) groups is 1. The number of guanidine groups is 1. The molecule has 2 rings (SSSR count). The molecule has 0 aliphatic rings. The van der Waals surface area contributed by atoms with Gasteiger partial charge in [-0.15, -0.1) is 0 Å².